The van der Waals surface area contributed by atoms with Gasteiger partial charge in [0.15, 0.2) is 0 Å². The highest BCUT2D eigenvalue weighted by atomic mass is 127. The van der Waals surface area contributed by atoms with Crippen LogP contribution in [0.1, 0.15) is 12.8 Å². The summed E-state index contributed by atoms with van der Waals surface area (Å²) in [5, 5.41) is 0. The number of hydrogen-bond acceptors (Lipinski definition) is 3. The first-order valence-electron chi connectivity index (χ1n) is 3.45. The van der Waals surface area contributed by atoms with Crippen LogP contribution in [0.3, 0.4) is 0 Å². The largest absolute Gasteiger partial charge is 0.376 e. The van der Waals surface area contributed by atoms with E-state index in [-0.39, 0.29) is 6.04 Å². The molecule has 1 fully saturated rings. The normalized spacial score (nSPS) is 34.2. The van der Waals surface area contributed by atoms with E-state index < -0.39 is 0 Å². The standard InChI is InChI=1S/C6H12INOS/c7-10-4-6-5(8)2-1-3-9-6/h5-6H,1-4,8H2. The van der Waals surface area contributed by atoms with Crippen LogP contribution in [0.5, 0.6) is 0 Å². The van der Waals surface area contributed by atoms with Gasteiger partial charge in [0, 0.05) is 18.4 Å². The molecule has 60 valence electrons. The van der Waals surface area contributed by atoms with Crippen molar-refractivity contribution in [2.45, 2.75) is 25.0 Å². The Morgan fingerprint density at radius 3 is 3.10 bits per heavy atom. The van der Waals surface area contributed by atoms with E-state index in [9.17, 15) is 0 Å². The lowest BCUT2D eigenvalue weighted by Crippen LogP contribution is -2.41. The summed E-state index contributed by atoms with van der Waals surface area (Å²) < 4.78 is 5.48. The van der Waals surface area contributed by atoms with Crippen molar-refractivity contribution in [1.82, 2.24) is 0 Å². The Kier molecular flexibility index (Phi) is 4.36. The minimum absolute atomic E-state index is 0.274. The molecular weight excluding hydrogens is 261 g/mol. The Hall–Kier alpha value is 1.00. The fourth-order valence-electron chi connectivity index (χ4n) is 1.10. The lowest BCUT2D eigenvalue weighted by Gasteiger charge is -2.27. The molecule has 4 heteroatoms. The number of rotatable bonds is 2. The molecule has 1 rings (SSSR count). The molecule has 0 aromatic heterocycles. The van der Waals surface area contributed by atoms with E-state index in [1.54, 1.807) is 8.93 Å². The second-order valence-electron chi connectivity index (χ2n) is 2.49. The molecule has 2 N–H and O–H groups in total. The van der Waals surface area contributed by atoms with Gasteiger partial charge < -0.3 is 10.5 Å². The highest BCUT2D eigenvalue weighted by Crippen LogP contribution is 2.20. The van der Waals surface area contributed by atoms with Crippen LogP contribution in [-0.2, 0) is 4.74 Å². The minimum atomic E-state index is 0.274. The van der Waals surface area contributed by atoms with E-state index in [0.29, 0.717) is 6.10 Å². The average Bonchev–Trinajstić information content (AvgIpc) is 1.94. The summed E-state index contributed by atoms with van der Waals surface area (Å²) >= 11 is 2.28. The predicted octanol–water partition coefficient (Wildman–Crippen LogP) is 1.58. The van der Waals surface area contributed by atoms with Gasteiger partial charge in [0.2, 0.25) is 0 Å². The van der Waals surface area contributed by atoms with Gasteiger partial charge in [-0.3, -0.25) is 0 Å². The molecule has 0 radical (unpaired) electrons. The zero-order valence-electron chi connectivity index (χ0n) is 5.75. The number of halogens is 1. The maximum absolute atomic E-state index is 5.82. The molecular formula is C6H12INOS. The van der Waals surface area contributed by atoms with Crippen LogP contribution in [-0.4, -0.2) is 24.5 Å². The summed E-state index contributed by atoms with van der Waals surface area (Å²) in [7, 11) is 1.78. The van der Waals surface area contributed by atoms with Gasteiger partial charge in [-0.1, -0.05) is 8.93 Å². The Labute approximate surface area is 77.8 Å². The first kappa shape index (κ1) is 9.09. The van der Waals surface area contributed by atoms with Crippen molar-refractivity contribution >= 4 is 30.1 Å². The first-order chi connectivity index (χ1) is 4.84. The van der Waals surface area contributed by atoms with Crippen LogP contribution < -0.4 is 5.73 Å². The van der Waals surface area contributed by atoms with Gasteiger partial charge in [-0.15, -0.1) is 0 Å². The van der Waals surface area contributed by atoms with Gasteiger partial charge in [-0.05, 0) is 34.0 Å². The van der Waals surface area contributed by atoms with Gasteiger partial charge in [-0.2, -0.15) is 0 Å². The van der Waals surface area contributed by atoms with Gasteiger partial charge in [0.05, 0.1) is 6.10 Å². The van der Waals surface area contributed by atoms with Crippen molar-refractivity contribution in [3.05, 3.63) is 0 Å². The molecule has 1 aliphatic heterocycles. The Balaban J connectivity index is 2.25. The zero-order chi connectivity index (χ0) is 7.40. The summed E-state index contributed by atoms with van der Waals surface area (Å²) in [4.78, 5) is 0. The van der Waals surface area contributed by atoms with Crippen LogP contribution in [0.25, 0.3) is 0 Å². The molecule has 0 saturated carbocycles. The maximum Gasteiger partial charge on any atom is 0.0823 e. The molecule has 2 nitrogen and oxygen atoms in total. The predicted molar refractivity (Wildman–Crippen MR) is 53.4 cm³/mol. The third kappa shape index (κ3) is 2.56. The molecule has 1 aliphatic rings. The van der Waals surface area contributed by atoms with Gasteiger partial charge >= 0.3 is 0 Å². The van der Waals surface area contributed by atoms with Gasteiger partial charge in [-0.25, -0.2) is 0 Å². The van der Waals surface area contributed by atoms with Gasteiger partial charge in [0.1, 0.15) is 0 Å². The van der Waals surface area contributed by atoms with E-state index >= 15 is 0 Å². The SMILES string of the molecule is NC1CCCOC1CSI. The highest BCUT2D eigenvalue weighted by molar-refractivity contribution is 14.2. The summed E-state index contributed by atoms with van der Waals surface area (Å²) in [6.07, 6.45) is 2.56. The Morgan fingerprint density at radius 1 is 1.70 bits per heavy atom. The Morgan fingerprint density at radius 2 is 2.50 bits per heavy atom. The molecule has 10 heavy (non-hydrogen) atoms. The minimum Gasteiger partial charge on any atom is -0.376 e. The molecule has 0 aromatic rings. The molecule has 2 unspecified atom stereocenters. The summed E-state index contributed by atoms with van der Waals surface area (Å²) in [6.45, 7) is 0.898. The van der Waals surface area contributed by atoms with Crippen LogP contribution in [0.15, 0.2) is 0 Å². The highest BCUT2D eigenvalue weighted by Gasteiger charge is 2.21. The van der Waals surface area contributed by atoms with E-state index in [2.05, 4.69) is 21.2 Å². The molecule has 1 saturated heterocycles. The fourth-order valence-corrected chi connectivity index (χ4v) is 2.63. The average molecular weight is 273 g/mol. The van der Waals surface area contributed by atoms with Crippen molar-refractivity contribution in [1.29, 1.82) is 0 Å². The van der Waals surface area contributed by atoms with Crippen LogP contribution in [0, 0.1) is 0 Å². The zero-order valence-corrected chi connectivity index (χ0v) is 8.73. The van der Waals surface area contributed by atoms with E-state index in [1.807, 2.05) is 0 Å². The monoisotopic (exact) mass is 273 g/mol. The molecule has 0 amide bonds. The second kappa shape index (κ2) is 4.79. The molecule has 0 aromatic carbocycles. The number of ether oxygens (including phenoxy) is 1. The maximum atomic E-state index is 5.82. The van der Waals surface area contributed by atoms with Crippen LogP contribution >= 0.6 is 30.1 Å². The number of hydrogen-bond donors (Lipinski definition) is 1. The van der Waals surface area contributed by atoms with E-state index in [4.69, 9.17) is 10.5 Å². The van der Waals surface area contributed by atoms with E-state index in [0.717, 1.165) is 25.2 Å². The van der Waals surface area contributed by atoms with Crippen molar-refractivity contribution in [3.8, 4) is 0 Å². The topological polar surface area (TPSA) is 35.2 Å². The third-order valence-electron chi connectivity index (χ3n) is 1.72. The molecule has 2 atom stereocenters. The smallest absolute Gasteiger partial charge is 0.0823 e. The quantitative estimate of drug-likeness (QED) is 0.776. The molecule has 0 aliphatic carbocycles. The third-order valence-corrected chi connectivity index (χ3v) is 3.25. The van der Waals surface area contributed by atoms with Gasteiger partial charge in [0.25, 0.3) is 0 Å². The summed E-state index contributed by atoms with van der Waals surface area (Å²) in [5.41, 5.74) is 5.82. The van der Waals surface area contributed by atoms with Crippen LogP contribution in [0.4, 0.5) is 0 Å². The summed E-state index contributed by atoms with van der Waals surface area (Å²) in [6, 6.07) is 0.274. The van der Waals surface area contributed by atoms with Crippen molar-refractivity contribution in [2.75, 3.05) is 12.4 Å². The van der Waals surface area contributed by atoms with Crippen LogP contribution in [0.2, 0.25) is 0 Å². The molecule has 0 bridgehead atoms. The summed E-state index contributed by atoms with van der Waals surface area (Å²) in [5.74, 6) is 1.03. The lowest BCUT2D eigenvalue weighted by atomic mass is 10.1. The number of nitrogens with two attached hydrogens (primary N) is 1. The Bertz CT molecular complexity index is 102. The van der Waals surface area contributed by atoms with E-state index in [1.165, 1.54) is 0 Å². The molecule has 1 heterocycles. The van der Waals surface area contributed by atoms with Crippen molar-refractivity contribution < 1.29 is 4.74 Å². The fraction of sp³-hybridized carbons (Fsp3) is 1.00. The van der Waals surface area contributed by atoms with Crippen molar-refractivity contribution in [2.24, 2.45) is 5.73 Å². The first-order valence-corrected chi connectivity index (χ1v) is 6.98. The lowest BCUT2D eigenvalue weighted by molar-refractivity contribution is 0.0170. The second-order valence-corrected chi connectivity index (χ2v) is 4.91. The molecule has 0 spiro atoms. The van der Waals surface area contributed by atoms with Crippen molar-refractivity contribution in [3.63, 3.8) is 0 Å².